The number of aromatic nitrogens is 3. The van der Waals surface area contributed by atoms with Crippen LogP contribution < -0.4 is 0 Å². The quantitative estimate of drug-likeness (QED) is 0.590. The maximum absolute atomic E-state index is 12.9. The Bertz CT molecular complexity index is 827. The van der Waals surface area contributed by atoms with Crippen LogP contribution in [0, 0.1) is 0 Å². The molecule has 1 N–H and O–H groups in total. The van der Waals surface area contributed by atoms with Crippen LogP contribution in [-0.2, 0) is 6.18 Å². The molecule has 0 bridgehead atoms. The number of fused-ring (bicyclic) bond motifs is 1. The van der Waals surface area contributed by atoms with Crippen LogP contribution in [0.2, 0.25) is 0 Å². The van der Waals surface area contributed by atoms with Gasteiger partial charge in [-0.05, 0) is 34.1 Å². The fourth-order valence-electron chi connectivity index (χ4n) is 1.90. The predicted molar refractivity (Wildman–Crippen MR) is 79.7 cm³/mol. The summed E-state index contributed by atoms with van der Waals surface area (Å²) in [6.45, 7) is 0. The number of alkyl halides is 3. The molecule has 0 fully saturated rings. The third-order valence-corrected chi connectivity index (χ3v) is 3.97. The molecular formula is C13H6Br2F3N3. The second-order valence-electron chi connectivity index (χ2n) is 4.30. The van der Waals surface area contributed by atoms with E-state index in [1.165, 1.54) is 6.07 Å². The number of H-pyrrole nitrogens is 1. The van der Waals surface area contributed by atoms with Crippen LogP contribution in [0.4, 0.5) is 13.2 Å². The number of imidazole rings is 1. The number of aromatic amines is 1. The Kier molecular flexibility index (Phi) is 3.53. The van der Waals surface area contributed by atoms with E-state index in [1.54, 1.807) is 18.3 Å². The number of pyridine rings is 1. The Labute approximate surface area is 133 Å². The third-order valence-electron chi connectivity index (χ3n) is 2.85. The molecule has 21 heavy (non-hydrogen) atoms. The second-order valence-corrected chi connectivity index (χ2v) is 6.07. The van der Waals surface area contributed by atoms with Gasteiger partial charge in [0.05, 0.1) is 11.1 Å². The molecule has 3 aromatic rings. The van der Waals surface area contributed by atoms with Crippen molar-refractivity contribution in [2.24, 2.45) is 0 Å². The highest BCUT2D eigenvalue weighted by Gasteiger charge is 2.33. The van der Waals surface area contributed by atoms with Gasteiger partial charge in [0.25, 0.3) is 0 Å². The standard InChI is InChI=1S/C13H6Br2F3N3/c14-7-4-10-12(19-5-7)21-11(20-10)6-1-2-9(15)8(3-6)13(16,17)18/h1-5H,(H,19,20,21). The second kappa shape index (κ2) is 5.10. The van der Waals surface area contributed by atoms with Crippen LogP contribution in [0.5, 0.6) is 0 Å². The molecule has 3 nitrogen and oxygen atoms in total. The van der Waals surface area contributed by atoms with Gasteiger partial charge in [-0.15, -0.1) is 0 Å². The SMILES string of the molecule is FC(F)(F)c1cc(-c2nc3ncc(Br)cc3[nH]2)ccc1Br. The van der Waals surface area contributed by atoms with Crippen molar-refractivity contribution < 1.29 is 13.2 Å². The van der Waals surface area contributed by atoms with Gasteiger partial charge in [0.2, 0.25) is 0 Å². The Balaban J connectivity index is 2.14. The molecule has 0 radical (unpaired) electrons. The molecule has 0 amide bonds. The summed E-state index contributed by atoms with van der Waals surface area (Å²) >= 11 is 6.19. The number of nitrogens with one attached hydrogen (secondary N) is 1. The van der Waals surface area contributed by atoms with Gasteiger partial charge < -0.3 is 4.98 Å². The molecule has 0 unspecified atom stereocenters. The highest BCUT2D eigenvalue weighted by Crippen LogP contribution is 2.37. The Morgan fingerprint density at radius 2 is 1.86 bits per heavy atom. The minimum absolute atomic E-state index is 0.00395. The fraction of sp³-hybridized carbons (Fsp3) is 0.0769. The number of benzene rings is 1. The van der Waals surface area contributed by atoms with Gasteiger partial charge in [0, 0.05) is 20.7 Å². The lowest BCUT2D eigenvalue weighted by atomic mass is 10.1. The normalized spacial score (nSPS) is 12.0. The van der Waals surface area contributed by atoms with Crippen LogP contribution in [-0.4, -0.2) is 15.0 Å². The average Bonchev–Trinajstić information content (AvgIpc) is 2.80. The summed E-state index contributed by atoms with van der Waals surface area (Å²) in [6, 6.07) is 5.74. The summed E-state index contributed by atoms with van der Waals surface area (Å²) in [4.78, 5) is 11.3. The molecule has 2 heterocycles. The predicted octanol–water partition coefficient (Wildman–Crippen LogP) is 5.17. The number of rotatable bonds is 1. The molecular weight excluding hydrogens is 415 g/mol. The largest absolute Gasteiger partial charge is 0.417 e. The lowest BCUT2D eigenvalue weighted by Gasteiger charge is -2.10. The van der Waals surface area contributed by atoms with Crippen LogP contribution >= 0.6 is 31.9 Å². The van der Waals surface area contributed by atoms with E-state index in [0.29, 0.717) is 22.6 Å². The first-order valence-corrected chi connectivity index (χ1v) is 7.31. The van der Waals surface area contributed by atoms with Gasteiger partial charge >= 0.3 is 6.18 Å². The molecule has 0 aliphatic heterocycles. The minimum atomic E-state index is -4.43. The molecule has 3 rings (SSSR count). The molecule has 0 spiro atoms. The highest BCUT2D eigenvalue weighted by molar-refractivity contribution is 9.10. The first-order chi connectivity index (χ1) is 9.84. The van der Waals surface area contributed by atoms with Crippen molar-refractivity contribution in [2.45, 2.75) is 6.18 Å². The van der Waals surface area contributed by atoms with Gasteiger partial charge in [0.1, 0.15) is 5.82 Å². The zero-order valence-corrected chi connectivity index (χ0v) is 13.3. The minimum Gasteiger partial charge on any atom is -0.337 e. The maximum atomic E-state index is 12.9. The first kappa shape index (κ1) is 14.5. The molecule has 0 saturated heterocycles. The van der Waals surface area contributed by atoms with Crippen LogP contribution in [0.3, 0.4) is 0 Å². The van der Waals surface area contributed by atoms with E-state index in [0.717, 1.165) is 10.5 Å². The van der Waals surface area contributed by atoms with Crippen molar-refractivity contribution in [2.75, 3.05) is 0 Å². The summed E-state index contributed by atoms with van der Waals surface area (Å²) in [5.41, 5.74) is 0.703. The topological polar surface area (TPSA) is 41.6 Å². The Morgan fingerprint density at radius 1 is 1.10 bits per heavy atom. The van der Waals surface area contributed by atoms with Gasteiger partial charge in [-0.25, -0.2) is 9.97 Å². The first-order valence-electron chi connectivity index (χ1n) is 5.73. The summed E-state index contributed by atoms with van der Waals surface area (Å²) in [6.07, 6.45) is -2.85. The summed E-state index contributed by atoms with van der Waals surface area (Å²) in [5.74, 6) is 0.341. The third kappa shape index (κ3) is 2.82. The Morgan fingerprint density at radius 3 is 2.57 bits per heavy atom. The van der Waals surface area contributed by atoms with Gasteiger partial charge in [-0.2, -0.15) is 13.2 Å². The smallest absolute Gasteiger partial charge is 0.337 e. The molecule has 2 aromatic heterocycles. The van der Waals surface area contributed by atoms with Crippen LogP contribution in [0.25, 0.3) is 22.6 Å². The van der Waals surface area contributed by atoms with Crippen molar-refractivity contribution in [1.29, 1.82) is 0 Å². The summed E-state index contributed by atoms with van der Waals surface area (Å²) < 4.78 is 39.5. The number of nitrogens with zero attached hydrogens (tertiary/aromatic N) is 2. The molecule has 1 aromatic carbocycles. The monoisotopic (exact) mass is 419 g/mol. The average molecular weight is 421 g/mol. The molecule has 0 atom stereocenters. The number of halogens is 5. The van der Waals surface area contributed by atoms with E-state index < -0.39 is 11.7 Å². The van der Waals surface area contributed by atoms with Crippen LogP contribution in [0.15, 0.2) is 39.4 Å². The van der Waals surface area contributed by atoms with E-state index in [1.807, 2.05) is 0 Å². The number of hydrogen-bond donors (Lipinski definition) is 1. The maximum Gasteiger partial charge on any atom is 0.417 e. The van der Waals surface area contributed by atoms with Gasteiger partial charge in [-0.3, -0.25) is 0 Å². The van der Waals surface area contributed by atoms with E-state index >= 15 is 0 Å². The lowest BCUT2D eigenvalue weighted by Crippen LogP contribution is -2.06. The van der Waals surface area contributed by atoms with E-state index in [-0.39, 0.29) is 4.47 Å². The van der Waals surface area contributed by atoms with Crippen molar-refractivity contribution in [3.05, 3.63) is 45.0 Å². The summed E-state index contributed by atoms with van der Waals surface area (Å²) in [7, 11) is 0. The lowest BCUT2D eigenvalue weighted by molar-refractivity contribution is -0.138. The van der Waals surface area contributed by atoms with E-state index in [4.69, 9.17) is 0 Å². The van der Waals surface area contributed by atoms with Gasteiger partial charge in [-0.1, -0.05) is 22.0 Å². The van der Waals surface area contributed by atoms with Crippen molar-refractivity contribution in [1.82, 2.24) is 15.0 Å². The Hall–Kier alpha value is -1.41. The van der Waals surface area contributed by atoms with E-state index in [2.05, 4.69) is 46.8 Å². The summed E-state index contributed by atoms with van der Waals surface area (Å²) in [5, 5.41) is 0. The van der Waals surface area contributed by atoms with Crippen molar-refractivity contribution in [3.63, 3.8) is 0 Å². The highest BCUT2D eigenvalue weighted by atomic mass is 79.9. The fourth-order valence-corrected chi connectivity index (χ4v) is 2.70. The molecule has 108 valence electrons. The van der Waals surface area contributed by atoms with Gasteiger partial charge in [0.15, 0.2) is 5.65 Å². The molecule has 0 saturated carbocycles. The number of hydrogen-bond acceptors (Lipinski definition) is 2. The van der Waals surface area contributed by atoms with Crippen molar-refractivity contribution in [3.8, 4) is 11.4 Å². The van der Waals surface area contributed by atoms with Crippen LogP contribution in [0.1, 0.15) is 5.56 Å². The van der Waals surface area contributed by atoms with E-state index in [9.17, 15) is 13.2 Å². The molecule has 8 heteroatoms. The zero-order valence-electron chi connectivity index (χ0n) is 10.2. The molecule has 0 aliphatic rings. The molecule has 0 aliphatic carbocycles. The zero-order chi connectivity index (χ0) is 15.2. The van der Waals surface area contributed by atoms with Crippen molar-refractivity contribution >= 4 is 43.0 Å².